The molecular weight excluding hydrogens is 427 g/mol. The Kier molecular flexibility index (Phi) is 8.16. The Morgan fingerprint density at radius 3 is 2.32 bits per heavy atom. The average Bonchev–Trinajstić information content (AvgIpc) is 2.75. The van der Waals surface area contributed by atoms with Crippen LogP contribution in [0.25, 0.3) is 0 Å². The van der Waals surface area contributed by atoms with Crippen LogP contribution in [0.5, 0.6) is 5.75 Å². The number of rotatable bonds is 6. The number of nitrogen functional groups attached to an aromatic ring is 1. The summed E-state index contributed by atoms with van der Waals surface area (Å²) in [6, 6.07) is 15.4. The van der Waals surface area contributed by atoms with Crippen molar-refractivity contribution in [3.05, 3.63) is 77.6 Å². The van der Waals surface area contributed by atoms with Gasteiger partial charge < -0.3 is 32.9 Å². The minimum absolute atomic E-state index is 0. The Morgan fingerprint density at radius 1 is 1.03 bits per heavy atom. The number of carbonyl (C=O) groups is 2. The van der Waals surface area contributed by atoms with Gasteiger partial charge in [0.1, 0.15) is 17.3 Å². The lowest BCUT2D eigenvalue weighted by Gasteiger charge is -2.09. The number of carbonyl (C=O) groups excluding carboxylic acids is 2. The molecule has 0 radical (unpaired) electrons. The van der Waals surface area contributed by atoms with E-state index in [0.29, 0.717) is 23.6 Å². The Balaban J connectivity index is 0.00000341. The molecule has 3 rings (SSSR count). The first-order valence-electron chi connectivity index (χ1n) is 8.92. The number of nitrogens with one attached hydrogen (secondary N) is 3. The molecule has 8 nitrogen and oxygen atoms in total. The van der Waals surface area contributed by atoms with Gasteiger partial charge in [0.05, 0.1) is 19.2 Å². The van der Waals surface area contributed by atoms with Gasteiger partial charge in [-0.15, -0.1) is 0 Å². The first-order chi connectivity index (χ1) is 14.4. The van der Waals surface area contributed by atoms with E-state index in [1.807, 2.05) is 0 Å². The molecule has 5 N–H and O–H groups in total. The first kappa shape index (κ1) is 23.4. The zero-order valence-corrected chi connectivity index (χ0v) is 17.2. The highest BCUT2D eigenvalue weighted by Gasteiger charge is 2.12. The van der Waals surface area contributed by atoms with Crippen molar-refractivity contribution in [1.29, 1.82) is 0 Å². The Labute approximate surface area is 184 Å². The summed E-state index contributed by atoms with van der Waals surface area (Å²) in [4.78, 5) is 26.4. The standard InChI is InChI=1S/C21H19FN4O4.ClH/c1-29-20(27)14-4-8-16(9-5-14)30-21(28)25-17-10-11-18(26-19(17)23)24-12-13-2-6-15(22)7-3-13;/h2-11H,12H2,1H3,(H,25,28)(H3,23,24,26);1H. The van der Waals surface area contributed by atoms with Gasteiger partial charge in [-0.2, -0.15) is 0 Å². The minimum Gasteiger partial charge on any atom is -1.00 e. The molecule has 0 aliphatic carbocycles. The van der Waals surface area contributed by atoms with E-state index >= 15 is 0 Å². The maximum Gasteiger partial charge on any atom is 0.417 e. The lowest BCUT2D eigenvalue weighted by molar-refractivity contribution is -0.342. The summed E-state index contributed by atoms with van der Waals surface area (Å²) in [6.07, 6.45) is -0.743. The number of nitrogens with two attached hydrogens (primary N) is 1. The predicted molar refractivity (Wildman–Crippen MR) is 109 cm³/mol. The van der Waals surface area contributed by atoms with Gasteiger partial charge in [0.15, 0.2) is 0 Å². The van der Waals surface area contributed by atoms with Crippen molar-refractivity contribution < 1.29 is 40.8 Å². The molecule has 0 atom stereocenters. The third-order valence-corrected chi connectivity index (χ3v) is 4.10. The topological polar surface area (TPSA) is 117 Å². The van der Waals surface area contributed by atoms with Gasteiger partial charge in [0.25, 0.3) is 0 Å². The number of aromatic amines is 1. The van der Waals surface area contributed by atoms with Crippen LogP contribution in [0, 0.1) is 5.82 Å². The van der Waals surface area contributed by atoms with Gasteiger partial charge >= 0.3 is 12.1 Å². The van der Waals surface area contributed by atoms with E-state index in [4.69, 9.17) is 10.5 Å². The summed E-state index contributed by atoms with van der Waals surface area (Å²) >= 11 is 0. The number of ether oxygens (including phenoxy) is 2. The highest BCUT2D eigenvalue weighted by atomic mass is 35.5. The second kappa shape index (κ2) is 10.8. The van der Waals surface area contributed by atoms with Crippen LogP contribution in [0.2, 0.25) is 0 Å². The van der Waals surface area contributed by atoms with E-state index in [1.165, 1.54) is 43.5 Å². The van der Waals surface area contributed by atoms with Crippen LogP contribution in [-0.2, 0) is 11.3 Å². The smallest absolute Gasteiger partial charge is 0.417 e. The zero-order chi connectivity index (χ0) is 21.5. The zero-order valence-electron chi connectivity index (χ0n) is 16.4. The van der Waals surface area contributed by atoms with Gasteiger partial charge in [-0.3, -0.25) is 5.32 Å². The fourth-order valence-corrected chi connectivity index (χ4v) is 2.54. The molecule has 0 spiro atoms. The SMILES string of the molecule is COC(=O)c1ccc(OC(=O)Nc2ccc(NCc3ccc(F)cc3)[nH+]c2N)cc1.[Cl-]. The normalized spacial score (nSPS) is 9.87. The number of pyridine rings is 1. The van der Waals surface area contributed by atoms with Gasteiger partial charge in [0.2, 0.25) is 11.6 Å². The number of hydrogen-bond donors (Lipinski definition) is 3. The maximum absolute atomic E-state index is 12.9. The molecule has 1 heterocycles. The fraction of sp³-hybridized carbons (Fsp3) is 0.0952. The fourth-order valence-electron chi connectivity index (χ4n) is 2.54. The molecule has 2 aromatic carbocycles. The molecule has 0 fully saturated rings. The molecule has 0 saturated heterocycles. The van der Waals surface area contributed by atoms with E-state index in [0.717, 1.165) is 5.56 Å². The number of H-pyrrole nitrogens is 1. The number of halogens is 2. The van der Waals surface area contributed by atoms with Gasteiger partial charge in [-0.25, -0.2) is 19.0 Å². The molecule has 0 bridgehead atoms. The minimum atomic E-state index is -0.743. The summed E-state index contributed by atoms with van der Waals surface area (Å²) in [5, 5.41) is 5.66. The summed E-state index contributed by atoms with van der Waals surface area (Å²) in [5.41, 5.74) is 7.52. The molecule has 3 aromatic rings. The summed E-state index contributed by atoms with van der Waals surface area (Å²) in [5.74, 6) is 0.310. The van der Waals surface area contributed by atoms with Gasteiger partial charge in [0, 0.05) is 6.07 Å². The van der Waals surface area contributed by atoms with E-state index in [9.17, 15) is 14.0 Å². The molecule has 162 valence electrons. The van der Waals surface area contributed by atoms with Crippen LogP contribution in [0.4, 0.5) is 26.5 Å². The highest BCUT2D eigenvalue weighted by molar-refractivity contribution is 5.90. The molecule has 0 aliphatic rings. The molecule has 0 saturated carbocycles. The van der Waals surface area contributed by atoms with Crippen LogP contribution in [0.3, 0.4) is 0 Å². The van der Waals surface area contributed by atoms with Crippen LogP contribution in [-0.4, -0.2) is 19.2 Å². The molecule has 1 aromatic heterocycles. The Bertz CT molecular complexity index is 1050. The Morgan fingerprint density at radius 2 is 1.71 bits per heavy atom. The molecule has 31 heavy (non-hydrogen) atoms. The van der Waals surface area contributed by atoms with Crippen molar-refractivity contribution in [1.82, 2.24) is 0 Å². The van der Waals surface area contributed by atoms with Crippen LogP contribution < -0.4 is 38.5 Å². The van der Waals surface area contributed by atoms with Crippen molar-refractivity contribution in [3.63, 3.8) is 0 Å². The van der Waals surface area contributed by atoms with Crippen LogP contribution in [0.1, 0.15) is 15.9 Å². The van der Waals surface area contributed by atoms with Crippen LogP contribution >= 0.6 is 0 Å². The van der Waals surface area contributed by atoms with Crippen molar-refractivity contribution in [2.24, 2.45) is 0 Å². The maximum atomic E-state index is 12.9. The number of hydrogen-bond acceptors (Lipinski definition) is 6. The molecule has 0 unspecified atom stereocenters. The van der Waals surface area contributed by atoms with Crippen molar-refractivity contribution in [2.75, 3.05) is 23.5 Å². The largest absolute Gasteiger partial charge is 1.00 e. The quantitative estimate of drug-likeness (QED) is 0.467. The second-order valence-corrected chi connectivity index (χ2v) is 6.21. The molecular formula is C21H20ClFN4O4. The number of esters is 1. The average molecular weight is 447 g/mol. The molecule has 10 heteroatoms. The molecule has 1 amide bonds. The summed E-state index contributed by atoms with van der Waals surface area (Å²) < 4.78 is 22.7. The second-order valence-electron chi connectivity index (χ2n) is 6.21. The predicted octanol–water partition coefficient (Wildman–Crippen LogP) is 0.236. The van der Waals surface area contributed by atoms with Crippen molar-refractivity contribution in [3.8, 4) is 5.75 Å². The lowest BCUT2D eigenvalue weighted by Crippen LogP contribution is -3.00. The third kappa shape index (κ3) is 6.58. The van der Waals surface area contributed by atoms with E-state index < -0.39 is 12.1 Å². The summed E-state index contributed by atoms with van der Waals surface area (Å²) in [7, 11) is 1.28. The van der Waals surface area contributed by atoms with E-state index in [2.05, 4.69) is 20.4 Å². The van der Waals surface area contributed by atoms with Crippen LogP contribution in [0.15, 0.2) is 60.7 Å². The highest BCUT2D eigenvalue weighted by Crippen LogP contribution is 2.18. The van der Waals surface area contributed by atoms with Crippen molar-refractivity contribution in [2.45, 2.75) is 6.54 Å². The van der Waals surface area contributed by atoms with Crippen molar-refractivity contribution >= 4 is 29.4 Å². The van der Waals surface area contributed by atoms with Gasteiger partial charge in [-0.1, -0.05) is 12.1 Å². The molecule has 0 aliphatic heterocycles. The van der Waals surface area contributed by atoms with E-state index in [1.54, 1.807) is 24.3 Å². The number of anilines is 3. The Hall–Kier alpha value is -3.85. The summed E-state index contributed by atoms with van der Waals surface area (Å²) in [6.45, 7) is 0.465. The third-order valence-electron chi connectivity index (χ3n) is 4.10. The number of amides is 1. The number of aromatic nitrogens is 1. The van der Waals surface area contributed by atoms with Gasteiger partial charge in [-0.05, 0) is 48.0 Å². The van der Waals surface area contributed by atoms with E-state index in [-0.39, 0.29) is 29.8 Å². The first-order valence-corrected chi connectivity index (χ1v) is 8.92. The monoisotopic (exact) mass is 446 g/mol. The number of methoxy groups -OCH3 is 1. The lowest BCUT2D eigenvalue weighted by atomic mass is 10.2. The number of benzene rings is 2.